The molecule has 0 unspecified atom stereocenters. The average molecular weight is 431 g/mol. The van der Waals surface area contributed by atoms with Gasteiger partial charge in [-0.25, -0.2) is 4.79 Å². The van der Waals surface area contributed by atoms with Crippen molar-refractivity contribution < 1.29 is 40.9 Å². The van der Waals surface area contributed by atoms with Gasteiger partial charge in [0.25, 0.3) is 0 Å². The molecule has 5 aromatic rings. The molecule has 0 spiro atoms. The molecule has 0 aliphatic carbocycles. The minimum atomic E-state index is -0.984. The Morgan fingerprint density at radius 1 is 0.844 bits per heavy atom. The second-order valence-corrected chi connectivity index (χ2v) is 7.54. The van der Waals surface area contributed by atoms with Crippen molar-refractivity contribution in [1.82, 2.24) is 14.3 Å². The van der Waals surface area contributed by atoms with E-state index in [0.717, 1.165) is 28.6 Å². The van der Waals surface area contributed by atoms with Gasteiger partial charge in [-0.3, -0.25) is 4.68 Å². The summed E-state index contributed by atoms with van der Waals surface area (Å²) in [5.41, 5.74) is 5.08. The fourth-order valence-corrected chi connectivity index (χ4v) is 3.96. The van der Waals surface area contributed by atoms with Gasteiger partial charge in [-0.1, -0.05) is 78.9 Å². The monoisotopic (exact) mass is 431 g/mol. The molecule has 3 aromatic carbocycles. The van der Waals surface area contributed by atoms with Gasteiger partial charge in [-0.15, -0.1) is 0 Å². The van der Waals surface area contributed by atoms with Gasteiger partial charge in [0.2, 0.25) is 0 Å². The maximum atomic E-state index is 11.9. The summed E-state index contributed by atoms with van der Waals surface area (Å²) < 4.78 is 3.76. The number of carboxylic acids is 1. The molecule has 5 nitrogen and oxygen atoms in total. The van der Waals surface area contributed by atoms with E-state index >= 15 is 0 Å². The maximum Gasteiger partial charge on any atom is 1.00 e. The van der Waals surface area contributed by atoms with Gasteiger partial charge in [-0.05, 0) is 23.3 Å². The summed E-state index contributed by atoms with van der Waals surface area (Å²) in [6.45, 7) is 1.14. The number of rotatable bonds is 6. The van der Waals surface area contributed by atoms with Crippen LogP contribution in [0.15, 0.2) is 97.2 Å². The number of benzene rings is 3. The predicted octanol–water partition coefficient (Wildman–Crippen LogP) is 2.42. The largest absolute Gasteiger partial charge is 1.00 e. The minimum Gasteiger partial charge on any atom is -1.00 e. The predicted molar refractivity (Wildman–Crippen MR) is 122 cm³/mol. The number of hydrogen-bond donors (Lipinski definition) is 1. The molecule has 0 saturated heterocycles. The molecule has 0 atom stereocenters. The smallest absolute Gasteiger partial charge is 1.00 e. The fourth-order valence-electron chi connectivity index (χ4n) is 3.96. The van der Waals surface area contributed by atoms with E-state index in [1.807, 2.05) is 60.7 Å². The molecule has 6 heteroatoms. The zero-order valence-electron chi connectivity index (χ0n) is 18.8. The number of aromatic nitrogens is 3. The van der Waals surface area contributed by atoms with Gasteiger partial charge in [-0.2, -0.15) is 5.10 Å². The van der Waals surface area contributed by atoms with Crippen molar-refractivity contribution in [1.29, 1.82) is 0 Å². The summed E-state index contributed by atoms with van der Waals surface area (Å²) in [5.74, 6) is -0.984. The average Bonchev–Trinajstić information content (AvgIpc) is 3.37. The van der Waals surface area contributed by atoms with Crippen LogP contribution < -0.4 is 29.6 Å². The number of nitrogens with zero attached hydrogens (tertiary/aromatic N) is 3. The molecule has 0 bridgehead atoms. The SMILES string of the molecule is O=C(O)c1cc(-c2cn(Cc3ccccc3)c3ccccc23)nn1Cc1ccccc1.[H-].[Na+]. The number of carboxylic acid groups (broad SMARTS) is 1. The summed E-state index contributed by atoms with van der Waals surface area (Å²) in [6.07, 6.45) is 2.07. The summed E-state index contributed by atoms with van der Waals surface area (Å²) >= 11 is 0. The second kappa shape index (κ2) is 9.57. The summed E-state index contributed by atoms with van der Waals surface area (Å²) in [7, 11) is 0. The quantitative estimate of drug-likeness (QED) is 0.420. The standard InChI is InChI=1S/C26H21N3O2.Na.H/c30-26(31)25-15-23(27-29(25)17-20-11-5-2-6-12-20)22-18-28(16-19-9-3-1-4-10-19)24-14-8-7-13-21(22)24;;/h1-15,18H,16-17H2,(H,30,31);;/q;+1;-1. The molecule has 154 valence electrons. The van der Waals surface area contributed by atoms with E-state index < -0.39 is 5.97 Å². The van der Waals surface area contributed by atoms with Gasteiger partial charge < -0.3 is 11.1 Å². The molecule has 0 amide bonds. The van der Waals surface area contributed by atoms with E-state index in [1.54, 1.807) is 10.7 Å². The van der Waals surface area contributed by atoms with Crippen LogP contribution in [0.25, 0.3) is 22.2 Å². The number of hydrogen-bond acceptors (Lipinski definition) is 2. The Kier molecular flexibility index (Phi) is 6.61. The van der Waals surface area contributed by atoms with Crippen molar-refractivity contribution in [2.75, 3.05) is 0 Å². The zero-order chi connectivity index (χ0) is 21.2. The second-order valence-electron chi connectivity index (χ2n) is 7.54. The van der Waals surface area contributed by atoms with Gasteiger partial charge in [0.15, 0.2) is 0 Å². The first-order chi connectivity index (χ1) is 15.2. The topological polar surface area (TPSA) is 60.0 Å². The molecule has 0 radical (unpaired) electrons. The van der Waals surface area contributed by atoms with Crippen molar-refractivity contribution >= 4 is 16.9 Å². The third-order valence-corrected chi connectivity index (χ3v) is 5.43. The first-order valence-electron chi connectivity index (χ1n) is 10.2. The van der Waals surface area contributed by atoms with E-state index in [2.05, 4.69) is 40.1 Å². The van der Waals surface area contributed by atoms with Crippen LogP contribution in [-0.2, 0) is 13.1 Å². The number of fused-ring (bicyclic) bond motifs is 1. The fraction of sp³-hybridized carbons (Fsp3) is 0.0769. The molecule has 5 rings (SSSR count). The summed E-state index contributed by atoms with van der Waals surface area (Å²) in [5, 5.41) is 15.5. The first kappa shape index (κ1) is 22.1. The molecule has 2 heterocycles. The van der Waals surface area contributed by atoms with Crippen molar-refractivity contribution in [3.05, 3.63) is 114 Å². The van der Waals surface area contributed by atoms with Crippen LogP contribution in [0.5, 0.6) is 0 Å². The van der Waals surface area contributed by atoms with Crippen LogP contribution in [0, 0.1) is 0 Å². The van der Waals surface area contributed by atoms with Crippen LogP contribution in [0.4, 0.5) is 0 Å². The van der Waals surface area contributed by atoms with Crippen molar-refractivity contribution in [3.8, 4) is 11.3 Å². The molecule has 0 aliphatic rings. The van der Waals surface area contributed by atoms with Crippen LogP contribution in [0.2, 0.25) is 0 Å². The van der Waals surface area contributed by atoms with E-state index in [1.165, 1.54) is 5.56 Å². The first-order valence-corrected chi connectivity index (χ1v) is 10.2. The van der Waals surface area contributed by atoms with Crippen LogP contribution >= 0.6 is 0 Å². The molecular weight excluding hydrogens is 409 g/mol. The molecule has 2 aromatic heterocycles. The zero-order valence-corrected chi connectivity index (χ0v) is 19.8. The summed E-state index contributed by atoms with van der Waals surface area (Å²) in [6, 6.07) is 29.9. The Bertz CT molecular complexity index is 1360. The Balaban J connectivity index is 0.00000153. The Labute approximate surface area is 209 Å². The Morgan fingerprint density at radius 3 is 2.09 bits per heavy atom. The third kappa shape index (κ3) is 4.41. The maximum absolute atomic E-state index is 11.9. The molecule has 32 heavy (non-hydrogen) atoms. The third-order valence-electron chi connectivity index (χ3n) is 5.43. The normalized spacial score (nSPS) is 10.8. The molecule has 0 fully saturated rings. The van der Waals surface area contributed by atoms with E-state index in [0.29, 0.717) is 12.2 Å². The van der Waals surface area contributed by atoms with E-state index in [9.17, 15) is 9.90 Å². The summed E-state index contributed by atoms with van der Waals surface area (Å²) in [4.78, 5) is 11.9. The minimum absolute atomic E-state index is 0. The van der Waals surface area contributed by atoms with Crippen molar-refractivity contribution in [2.45, 2.75) is 13.1 Å². The van der Waals surface area contributed by atoms with E-state index in [-0.39, 0.29) is 36.7 Å². The molecule has 0 aliphatic heterocycles. The van der Waals surface area contributed by atoms with E-state index in [4.69, 9.17) is 0 Å². The molecular formula is C26H22N3NaO2. The molecule has 0 saturated carbocycles. The van der Waals surface area contributed by atoms with Crippen LogP contribution in [0.1, 0.15) is 23.0 Å². The number of aromatic carboxylic acids is 1. The van der Waals surface area contributed by atoms with Gasteiger partial charge in [0, 0.05) is 29.2 Å². The Hall–Kier alpha value is -3.12. The van der Waals surface area contributed by atoms with Crippen molar-refractivity contribution in [3.63, 3.8) is 0 Å². The van der Waals surface area contributed by atoms with Gasteiger partial charge in [0.05, 0.1) is 12.2 Å². The number of para-hydroxylation sites is 1. The number of carbonyl (C=O) groups is 1. The van der Waals surface area contributed by atoms with Crippen molar-refractivity contribution in [2.24, 2.45) is 0 Å². The Morgan fingerprint density at radius 2 is 1.44 bits per heavy atom. The molecule has 1 N–H and O–H groups in total. The van der Waals surface area contributed by atoms with Crippen LogP contribution in [0.3, 0.4) is 0 Å². The van der Waals surface area contributed by atoms with Gasteiger partial charge in [0.1, 0.15) is 5.69 Å². The van der Waals surface area contributed by atoms with Crippen LogP contribution in [-0.4, -0.2) is 25.4 Å². The van der Waals surface area contributed by atoms with Gasteiger partial charge >= 0.3 is 35.5 Å².